The maximum atomic E-state index is 12.1. The Morgan fingerprint density at radius 2 is 2.11 bits per heavy atom. The molecule has 1 amide bonds. The molecule has 0 atom stereocenters. The highest BCUT2D eigenvalue weighted by molar-refractivity contribution is 6.32. The van der Waals surface area contributed by atoms with Crippen LogP contribution in [0.5, 0.6) is 0 Å². The summed E-state index contributed by atoms with van der Waals surface area (Å²) in [5.41, 5.74) is 8.08. The first kappa shape index (κ1) is 12.4. The van der Waals surface area contributed by atoms with Gasteiger partial charge in [-0.25, -0.2) is 4.98 Å². The number of rotatable bonds is 2. The van der Waals surface area contributed by atoms with Crippen LogP contribution in [0.3, 0.4) is 0 Å². The minimum atomic E-state index is -0.300. The normalized spacial score (nSPS) is 10.1. The Bertz CT molecular complexity index is 599. The molecule has 0 fully saturated rings. The summed E-state index contributed by atoms with van der Waals surface area (Å²) in [5.74, 6) is -0.300. The summed E-state index contributed by atoms with van der Waals surface area (Å²) in [6, 6.07) is 8.68. The fourth-order valence-corrected chi connectivity index (χ4v) is 1.71. The Labute approximate surface area is 110 Å². The lowest BCUT2D eigenvalue weighted by Gasteiger charge is -2.09. The number of para-hydroxylation sites is 1. The highest BCUT2D eigenvalue weighted by Crippen LogP contribution is 2.21. The molecule has 0 unspecified atom stereocenters. The van der Waals surface area contributed by atoms with Gasteiger partial charge in [0.05, 0.1) is 11.3 Å². The number of hydrogen-bond acceptors (Lipinski definition) is 3. The first-order valence-corrected chi connectivity index (χ1v) is 5.74. The molecule has 5 heteroatoms. The van der Waals surface area contributed by atoms with Crippen LogP contribution in [0.2, 0.25) is 5.15 Å². The number of aromatic nitrogens is 1. The average Bonchev–Trinajstić information content (AvgIpc) is 2.35. The van der Waals surface area contributed by atoms with E-state index < -0.39 is 0 Å². The van der Waals surface area contributed by atoms with E-state index in [-0.39, 0.29) is 11.1 Å². The molecule has 0 aliphatic rings. The lowest BCUT2D eigenvalue weighted by molar-refractivity contribution is 0.102. The number of benzene rings is 1. The zero-order valence-electron chi connectivity index (χ0n) is 9.77. The molecule has 1 heterocycles. The SMILES string of the molecule is Cc1cccc(C(=O)Nc2cccnc2Cl)c1N. The molecule has 0 saturated carbocycles. The minimum absolute atomic E-state index is 0.247. The number of nitrogens with zero attached hydrogens (tertiary/aromatic N) is 1. The fraction of sp³-hybridized carbons (Fsp3) is 0.0769. The summed E-state index contributed by atoms with van der Waals surface area (Å²) < 4.78 is 0. The number of pyridine rings is 1. The summed E-state index contributed by atoms with van der Waals surface area (Å²) >= 11 is 5.87. The molecule has 3 N–H and O–H groups in total. The summed E-state index contributed by atoms with van der Waals surface area (Å²) in [6.07, 6.45) is 1.55. The van der Waals surface area contributed by atoms with E-state index in [2.05, 4.69) is 10.3 Å². The Kier molecular flexibility index (Phi) is 3.48. The number of nitrogens with one attached hydrogen (secondary N) is 1. The van der Waals surface area contributed by atoms with Crippen molar-refractivity contribution < 1.29 is 4.79 Å². The molecule has 4 nitrogen and oxygen atoms in total. The van der Waals surface area contributed by atoms with Gasteiger partial charge in [-0.1, -0.05) is 23.7 Å². The van der Waals surface area contributed by atoms with Crippen LogP contribution < -0.4 is 11.1 Å². The van der Waals surface area contributed by atoms with Crippen LogP contribution in [0, 0.1) is 6.92 Å². The van der Waals surface area contributed by atoms with Crippen molar-refractivity contribution in [2.75, 3.05) is 11.1 Å². The van der Waals surface area contributed by atoms with Crippen molar-refractivity contribution in [2.45, 2.75) is 6.92 Å². The largest absolute Gasteiger partial charge is 0.398 e. The summed E-state index contributed by atoms with van der Waals surface area (Å²) in [5, 5.41) is 2.93. The van der Waals surface area contributed by atoms with E-state index in [1.165, 1.54) is 0 Å². The minimum Gasteiger partial charge on any atom is -0.398 e. The first-order chi connectivity index (χ1) is 8.59. The van der Waals surface area contributed by atoms with Gasteiger partial charge < -0.3 is 11.1 Å². The number of amides is 1. The van der Waals surface area contributed by atoms with Crippen LogP contribution in [0.4, 0.5) is 11.4 Å². The van der Waals surface area contributed by atoms with Gasteiger partial charge in [-0.3, -0.25) is 4.79 Å². The van der Waals surface area contributed by atoms with Crippen molar-refractivity contribution in [3.8, 4) is 0 Å². The maximum Gasteiger partial charge on any atom is 0.257 e. The van der Waals surface area contributed by atoms with Crippen LogP contribution in [0.25, 0.3) is 0 Å². The van der Waals surface area contributed by atoms with E-state index >= 15 is 0 Å². The molecule has 0 spiro atoms. The lowest BCUT2D eigenvalue weighted by atomic mass is 10.1. The molecule has 0 radical (unpaired) electrons. The summed E-state index contributed by atoms with van der Waals surface area (Å²) in [4.78, 5) is 15.9. The van der Waals surface area contributed by atoms with E-state index in [4.69, 9.17) is 17.3 Å². The van der Waals surface area contributed by atoms with Crippen LogP contribution in [0.1, 0.15) is 15.9 Å². The van der Waals surface area contributed by atoms with Crippen LogP contribution in [0.15, 0.2) is 36.5 Å². The third-order valence-electron chi connectivity index (χ3n) is 2.58. The summed E-state index contributed by atoms with van der Waals surface area (Å²) in [7, 11) is 0. The number of halogens is 1. The molecular formula is C13H12ClN3O. The van der Waals surface area contributed by atoms with Crippen molar-refractivity contribution in [1.82, 2.24) is 4.98 Å². The highest BCUT2D eigenvalue weighted by atomic mass is 35.5. The van der Waals surface area contributed by atoms with Gasteiger partial charge in [0.2, 0.25) is 0 Å². The molecular weight excluding hydrogens is 250 g/mol. The second-order valence-corrected chi connectivity index (χ2v) is 4.19. The molecule has 0 saturated heterocycles. The number of carbonyl (C=O) groups is 1. The predicted molar refractivity (Wildman–Crippen MR) is 72.8 cm³/mol. The molecule has 1 aromatic carbocycles. The van der Waals surface area contributed by atoms with Crippen LogP contribution in [-0.4, -0.2) is 10.9 Å². The zero-order chi connectivity index (χ0) is 13.1. The maximum absolute atomic E-state index is 12.1. The van der Waals surface area contributed by atoms with Gasteiger partial charge in [0.15, 0.2) is 5.15 Å². The average molecular weight is 262 g/mol. The lowest BCUT2D eigenvalue weighted by Crippen LogP contribution is -2.15. The Morgan fingerprint density at radius 1 is 1.33 bits per heavy atom. The third-order valence-corrected chi connectivity index (χ3v) is 2.88. The number of carbonyl (C=O) groups excluding carboxylic acids is 1. The summed E-state index contributed by atoms with van der Waals surface area (Å²) in [6.45, 7) is 1.85. The van der Waals surface area contributed by atoms with E-state index in [0.717, 1.165) is 5.56 Å². The standard InChI is InChI=1S/C13H12ClN3O/c1-8-4-2-5-9(11(8)15)13(18)17-10-6-3-7-16-12(10)14/h2-7H,15H2,1H3,(H,17,18). The monoisotopic (exact) mass is 261 g/mol. The van der Waals surface area contributed by atoms with Gasteiger partial charge in [0, 0.05) is 11.9 Å². The molecule has 0 aliphatic heterocycles. The van der Waals surface area contributed by atoms with E-state index in [1.54, 1.807) is 30.5 Å². The number of nitrogen functional groups attached to an aromatic ring is 1. The number of hydrogen-bond donors (Lipinski definition) is 2. The molecule has 0 aliphatic carbocycles. The highest BCUT2D eigenvalue weighted by Gasteiger charge is 2.12. The third kappa shape index (κ3) is 2.43. The van der Waals surface area contributed by atoms with E-state index in [0.29, 0.717) is 16.9 Å². The Balaban J connectivity index is 2.28. The van der Waals surface area contributed by atoms with Gasteiger partial charge in [-0.2, -0.15) is 0 Å². The Hall–Kier alpha value is -2.07. The topological polar surface area (TPSA) is 68.0 Å². The number of nitrogens with two attached hydrogens (primary N) is 1. The van der Waals surface area contributed by atoms with Crippen molar-refractivity contribution in [2.24, 2.45) is 0 Å². The van der Waals surface area contributed by atoms with Crippen LogP contribution >= 0.6 is 11.6 Å². The van der Waals surface area contributed by atoms with Gasteiger partial charge in [0.1, 0.15) is 0 Å². The van der Waals surface area contributed by atoms with Crippen molar-refractivity contribution in [3.63, 3.8) is 0 Å². The van der Waals surface area contributed by atoms with Gasteiger partial charge in [-0.05, 0) is 30.7 Å². The Morgan fingerprint density at radius 3 is 2.83 bits per heavy atom. The molecule has 92 valence electrons. The molecule has 18 heavy (non-hydrogen) atoms. The number of anilines is 2. The second kappa shape index (κ2) is 5.06. The van der Waals surface area contributed by atoms with E-state index in [1.807, 2.05) is 13.0 Å². The van der Waals surface area contributed by atoms with Gasteiger partial charge in [0.25, 0.3) is 5.91 Å². The van der Waals surface area contributed by atoms with Crippen molar-refractivity contribution in [1.29, 1.82) is 0 Å². The van der Waals surface area contributed by atoms with Crippen molar-refractivity contribution in [3.05, 3.63) is 52.8 Å². The van der Waals surface area contributed by atoms with Crippen LogP contribution in [-0.2, 0) is 0 Å². The van der Waals surface area contributed by atoms with Gasteiger partial charge in [-0.15, -0.1) is 0 Å². The van der Waals surface area contributed by atoms with Crippen molar-refractivity contribution >= 4 is 28.9 Å². The van der Waals surface area contributed by atoms with Gasteiger partial charge >= 0.3 is 0 Å². The molecule has 2 rings (SSSR count). The predicted octanol–water partition coefficient (Wildman–Crippen LogP) is 2.88. The quantitative estimate of drug-likeness (QED) is 0.645. The first-order valence-electron chi connectivity index (χ1n) is 5.36. The smallest absolute Gasteiger partial charge is 0.257 e. The van der Waals surface area contributed by atoms with E-state index in [9.17, 15) is 4.79 Å². The fourth-order valence-electron chi connectivity index (χ4n) is 1.55. The number of aryl methyl sites for hydroxylation is 1. The molecule has 0 bridgehead atoms. The molecule has 1 aromatic heterocycles. The molecule has 2 aromatic rings. The second-order valence-electron chi connectivity index (χ2n) is 3.83. The zero-order valence-corrected chi connectivity index (χ0v) is 10.5.